The Bertz CT molecular complexity index is 186. The fourth-order valence-corrected chi connectivity index (χ4v) is 0.626. The van der Waals surface area contributed by atoms with Gasteiger partial charge in [-0.3, -0.25) is 0 Å². The van der Waals surface area contributed by atoms with Crippen molar-refractivity contribution < 1.29 is 17.1 Å². The minimum Gasteiger partial charge on any atom is -1.00 e. The molecule has 0 aliphatic rings. The monoisotopic (exact) mass is 180 g/mol. The van der Waals surface area contributed by atoms with Gasteiger partial charge in [0.05, 0.1) is 12.9 Å². The second-order valence-corrected chi connectivity index (χ2v) is 1.85. The number of methoxy groups -OCH3 is 1. The molecule has 3 heteroatoms. The summed E-state index contributed by atoms with van der Waals surface area (Å²) in [4.78, 5) is 0. The summed E-state index contributed by atoms with van der Waals surface area (Å²) < 4.78 is 4.94. The van der Waals surface area contributed by atoms with Gasteiger partial charge in [0.25, 0.3) is 0 Å². The van der Waals surface area contributed by atoms with Crippen molar-refractivity contribution >= 4 is 23.1 Å². The van der Waals surface area contributed by atoms with E-state index in [0.29, 0.717) is 0 Å². The Morgan fingerprint density at radius 2 is 1.64 bits per heavy atom. The van der Waals surface area contributed by atoms with Crippen molar-refractivity contribution in [3.05, 3.63) is 36.8 Å². The Hall–Kier alpha value is -0.0538. The molecule has 0 spiro atoms. The summed E-state index contributed by atoms with van der Waals surface area (Å²) >= 11 is 0. The van der Waals surface area contributed by atoms with Crippen molar-refractivity contribution in [2.45, 2.75) is 0 Å². The normalized spacial score (nSPS) is 7.36. The van der Waals surface area contributed by atoms with Crippen LogP contribution in [0.25, 0.3) is 0 Å². The van der Waals surface area contributed by atoms with Crippen LogP contribution in [0.5, 0.6) is 5.75 Å². The van der Waals surface area contributed by atoms with E-state index >= 15 is 0 Å². The van der Waals surface area contributed by atoms with Crippen LogP contribution in [0.4, 0.5) is 0 Å². The van der Waals surface area contributed by atoms with Gasteiger partial charge in [-0.25, -0.2) is 0 Å². The molecular formula is C8H9ClMgO. The van der Waals surface area contributed by atoms with Gasteiger partial charge in [0.15, 0.2) is 0 Å². The van der Waals surface area contributed by atoms with Crippen molar-refractivity contribution in [2.24, 2.45) is 0 Å². The number of rotatable bonds is 1. The first-order valence-corrected chi connectivity index (χ1v) is 2.79. The van der Waals surface area contributed by atoms with E-state index in [1.807, 2.05) is 24.3 Å². The molecule has 0 fully saturated rings. The second-order valence-electron chi connectivity index (χ2n) is 1.85. The molecule has 0 bridgehead atoms. The van der Waals surface area contributed by atoms with Crippen LogP contribution in [0.2, 0.25) is 0 Å². The zero-order chi connectivity index (χ0) is 6.69. The molecule has 1 nitrogen and oxygen atoms in total. The standard InChI is InChI=1S/C8H9O.ClH.Mg/c1-7-3-5-8(9-2)6-4-7;;/h3-6H,1H2,2H3;1H;/q-1;;+2/p-1. The molecule has 0 aromatic heterocycles. The maximum absolute atomic E-state index is 4.94. The first kappa shape index (κ1) is 13.5. The molecule has 0 heterocycles. The minimum atomic E-state index is 0. The molecule has 0 amide bonds. The number of benzene rings is 1. The maximum Gasteiger partial charge on any atom is 2.00 e. The fourth-order valence-electron chi connectivity index (χ4n) is 0.626. The van der Waals surface area contributed by atoms with E-state index in [2.05, 4.69) is 6.92 Å². The van der Waals surface area contributed by atoms with E-state index in [0.717, 1.165) is 11.3 Å². The number of hydrogen-bond acceptors (Lipinski definition) is 1. The van der Waals surface area contributed by atoms with E-state index in [1.54, 1.807) is 7.11 Å². The van der Waals surface area contributed by atoms with Crippen LogP contribution in [0, 0.1) is 6.92 Å². The van der Waals surface area contributed by atoms with Gasteiger partial charge in [-0.15, -0.1) is 0 Å². The predicted octanol–water partition coefficient (Wildman–Crippen LogP) is -1.50. The molecule has 0 atom stereocenters. The van der Waals surface area contributed by atoms with Gasteiger partial charge in [-0.2, -0.15) is 24.6 Å². The Balaban J connectivity index is 0. The van der Waals surface area contributed by atoms with E-state index in [-0.39, 0.29) is 35.5 Å². The van der Waals surface area contributed by atoms with Gasteiger partial charge in [0.1, 0.15) is 0 Å². The third-order valence-electron chi connectivity index (χ3n) is 1.16. The van der Waals surface area contributed by atoms with E-state index in [9.17, 15) is 0 Å². The molecule has 0 N–H and O–H groups in total. The van der Waals surface area contributed by atoms with Crippen LogP contribution in [0.3, 0.4) is 0 Å². The Labute approximate surface area is 89.7 Å². The van der Waals surface area contributed by atoms with Crippen LogP contribution < -0.4 is 17.1 Å². The summed E-state index contributed by atoms with van der Waals surface area (Å²) in [5.41, 5.74) is 1.01. The number of hydrogen-bond donors (Lipinski definition) is 0. The van der Waals surface area contributed by atoms with Crippen molar-refractivity contribution in [1.29, 1.82) is 0 Å². The summed E-state index contributed by atoms with van der Waals surface area (Å²) in [5, 5.41) is 0. The molecule has 56 valence electrons. The third-order valence-corrected chi connectivity index (χ3v) is 1.16. The van der Waals surface area contributed by atoms with Crippen LogP contribution in [0.1, 0.15) is 5.56 Å². The summed E-state index contributed by atoms with van der Waals surface area (Å²) in [5.74, 6) is 0.877. The van der Waals surface area contributed by atoms with Gasteiger partial charge >= 0.3 is 23.1 Å². The molecule has 0 aliphatic carbocycles. The van der Waals surface area contributed by atoms with E-state index in [1.165, 1.54) is 0 Å². The van der Waals surface area contributed by atoms with Gasteiger partial charge < -0.3 is 17.1 Å². The summed E-state index contributed by atoms with van der Waals surface area (Å²) in [6, 6.07) is 7.61. The molecule has 1 aromatic rings. The molecular weight excluding hydrogens is 172 g/mol. The Kier molecular flexibility index (Phi) is 8.17. The zero-order valence-corrected chi connectivity index (χ0v) is 8.68. The quantitative estimate of drug-likeness (QED) is 0.378. The maximum atomic E-state index is 4.94. The van der Waals surface area contributed by atoms with Crippen LogP contribution in [-0.2, 0) is 0 Å². The van der Waals surface area contributed by atoms with Crippen LogP contribution >= 0.6 is 0 Å². The number of halogens is 1. The van der Waals surface area contributed by atoms with Crippen molar-refractivity contribution in [1.82, 2.24) is 0 Å². The summed E-state index contributed by atoms with van der Waals surface area (Å²) in [6.07, 6.45) is 0. The second kappa shape index (κ2) is 6.64. The SMILES string of the molecule is [CH2-]c1ccc(OC)cc1.[Cl-].[Mg+2]. The van der Waals surface area contributed by atoms with Gasteiger partial charge in [-0.1, -0.05) is 12.1 Å². The fraction of sp³-hybridized carbons (Fsp3) is 0.125. The van der Waals surface area contributed by atoms with Gasteiger partial charge in [0.2, 0.25) is 0 Å². The Morgan fingerprint density at radius 3 is 2.00 bits per heavy atom. The van der Waals surface area contributed by atoms with Crippen LogP contribution in [-0.4, -0.2) is 30.2 Å². The predicted molar refractivity (Wildman–Crippen MR) is 43.2 cm³/mol. The first-order chi connectivity index (χ1) is 4.33. The molecule has 0 saturated heterocycles. The minimum absolute atomic E-state index is 0. The van der Waals surface area contributed by atoms with Gasteiger partial charge in [-0.05, 0) is 0 Å². The van der Waals surface area contributed by atoms with E-state index in [4.69, 9.17) is 4.74 Å². The summed E-state index contributed by atoms with van der Waals surface area (Å²) in [7, 11) is 1.65. The molecule has 1 rings (SSSR count). The molecule has 0 radical (unpaired) electrons. The third kappa shape index (κ3) is 4.40. The molecule has 0 unspecified atom stereocenters. The van der Waals surface area contributed by atoms with E-state index < -0.39 is 0 Å². The van der Waals surface area contributed by atoms with Crippen molar-refractivity contribution in [2.75, 3.05) is 7.11 Å². The Morgan fingerprint density at radius 1 is 1.18 bits per heavy atom. The average molecular weight is 181 g/mol. The smallest absolute Gasteiger partial charge is 1.00 e. The largest absolute Gasteiger partial charge is 2.00 e. The first-order valence-electron chi connectivity index (χ1n) is 2.79. The number of ether oxygens (including phenoxy) is 1. The molecule has 11 heavy (non-hydrogen) atoms. The zero-order valence-electron chi connectivity index (χ0n) is 6.51. The van der Waals surface area contributed by atoms with Crippen molar-refractivity contribution in [3.63, 3.8) is 0 Å². The van der Waals surface area contributed by atoms with Crippen LogP contribution in [0.15, 0.2) is 24.3 Å². The van der Waals surface area contributed by atoms with Crippen molar-refractivity contribution in [3.8, 4) is 5.75 Å². The molecule has 0 saturated carbocycles. The average Bonchev–Trinajstić information content (AvgIpc) is 1.90. The molecule has 1 aromatic carbocycles. The summed E-state index contributed by atoms with van der Waals surface area (Å²) in [6.45, 7) is 3.74. The molecule has 0 aliphatic heterocycles. The topological polar surface area (TPSA) is 9.23 Å². The van der Waals surface area contributed by atoms with Gasteiger partial charge in [0, 0.05) is 0 Å².